The van der Waals surface area contributed by atoms with Crippen LogP contribution in [0.1, 0.15) is 38.5 Å². The summed E-state index contributed by atoms with van der Waals surface area (Å²) in [5, 5.41) is 16.2. The Bertz CT molecular complexity index is 960. The van der Waals surface area contributed by atoms with E-state index in [2.05, 4.69) is 10.5 Å². The molecule has 0 fully saturated rings. The number of benzene rings is 2. The summed E-state index contributed by atoms with van der Waals surface area (Å²) in [6, 6.07) is 12.6. The van der Waals surface area contributed by atoms with Gasteiger partial charge >= 0.3 is 5.97 Å². The molecule has 0 spiro atoms. The zero-order valence-corrected chi connectivity index (χ0v) is 16.7. The molecule has 2 N–H and O–H groups in total. The first-order valence-corrected chi connectivity index (χ1v) is 9.22. The van der Waals surface area contributed by atoms with E-state index < -0.39 is 5.97 Å². The molecule has 0 aliphatic heterocycles. The van der Waals surface area contributed by atoms with Crippen molar-refractivity contribution in [3.63, 3.8) is 0 Å². The number of methoxy groups -OCH3 is 1. The van der Waals surface area contributed by atoms with Gasteiger partial charge in [0.15, 0.2) is 11.5 Å². The number of aromatic carboxylic acids is 1. The Morgan fingerprint density at radius 2 is 1.76 bits per heavy atom. The predicted molar refractivity (Wildman–Crippen MR) is 107 cm³/mol. The number of carboxylic acids is 1. The lowest BCUT2D eigenvalue weighted by Gasteiger charge is -2.13. The molecule has 152 valence electrons. The first-order chi connectivity index (χ1) is 14.0. The third kappa shape index (κ3) is 5.14. The first-order valence-electron chi connectivity index (χ1n) is 9.22. The van der Waals surface area contributed by atoms with Gasteiger partial charge in [0.05, 0.1) is 23.9 Å². The topological polar surface area (TPSA) is 93.8 Å². The van der Waals surface area contributed by atoms with Crippen molar-refractivity contribution in [3.05, 3.63) is 76.2 Å². The van der Waals surface area contributed by atoms with Crippen molar-refractivity contribution in [3.8, 4) is 11.5 Å². The van der Waals surface area contributed by atoms with Crippen LogP contribution in [0.5, 0.6) is 11.5 Å². The van der Waals surface area contributed by atoms with E-state index in [1.54, 1.807) is 19.2 Å². The highest BCUT2D eigenvalue weighted by molar-refractivity contribution is 5.87. The molecule has 0 atom stereocenters. The molecule has 7 heteroatoms. The Balaban J connectivity index is 1.57. The fourth-order valence-corrected chi connectivity index (χ4v) is 2.92. The molecule has 0 bridgehead atoms. The van der Waals surface area contributed by atoms with Crippen molar-refractivity contribution in [2.45, 2.75) is 33.5 Å². The number of aromatic nitrogens is 1. The minimum Gasteiger partial charge on any atom is -0.493 e. The molecular formula is C22H24N2O5. The highest BCUT2D eigenvalue weighted by Gasteiger charge is 2.12. The summed E-state index contributed by atoms with van der Waals surface area (Å²) in [7, 11) is 1.61. The molecule has 0 unspecified atom stereocenters. The van der Waals surface area contributed by atoms with Gasteiger partial charge in [0, 0.05) is 13.1 Å². The maximum absolute atomic E-state index is 10.9. The Morgan fingerprint density at radius 1 is 1.07 bits per heavy atom. The van der Waals surface area contributed by atoms with E-state index in [9.17, 15) is 4.79 Å². The van der Waals surface area contributed by atoms with Crippen LogP contribution >= 0.6 is 0 Å². The van der Waals surface area contributed by atoms with Crippen molar-refractivity contribution < 1.29 is 23.9 Å². The lowest BCUT2D eigenvalue weighted by Crippen LogP contribution is -2.13. The summed E-state index contributed by atoms with van der Waals surface area (Å²) < 4.78 is 16.5. The zero-order chi connectivity index (χ0) is 20.8. The van der Waals surface area contributed by atoms with Crippen LogP contribution in [0.3, 0.4) is 0 Å². The number of hydrogen-bond acceptors (Lipinski definition) is 6. The van der Waals surface area contributed by atoms with Crippen molar-refractivity contribution in [2.24, 2.45) is 0 Å². The number of carboxylic acid groups (broad SMARTS) is 1. The Morgan fingerprint density at radius 3 is 2.38 bits per heavy atom. The van der Waals surface area contributed by atoms with Gasteiger partial charge < -0.3 is 24.4 Å². The highest BCUT2D eigenvalue weighted by Crippen LogP contribution is 2.29. The van der Waals surface area contributed by atoms with E-state index in [0.717, 1.165) is 28.1 Å². The fraction of sp³-hybridized carbons (Fsp3) is 0.273. The van der Waals surface area contributed by atoms with Gasteiger partial charge in [0.2, 0.25) is 0 Å². The van der Waals surface area contributed by atoms with Gasteiger partial charge in [-0.05, 0) is 49.2 Å². The molecule has 3 aromatic rings. The monoisotopic (exact) mass is 396 g/mol. The maximum Gasteiger partial charge on any atom is 0.335 e. The smallest absolute Gasteiger partial charge is 0.335 e. The number of nitrogens with zero attached hydrogens (tertiary/aromatic N) is 1. The third-order valence-corrected chi connectivity index (χ3v) is 4.64. The predicted octanol–water partition coefficient (Wildman–Crippen LogP) is 3.87. The van der Waals surface area contributed by atoms with Gasteiger partial charge in [-0.1, -0.05) is 23.4 Å². The fourth-order valence-electron chi connectivity index (χ4n) is 2.92. The molecular weight excluding hydrogens is 372 g/mol. The molecule has 29 heavy (non-hydrogen) atoms. The summed E-state index contributed by atoms with van der Waals surface area (Å²) in [6.07, 6.45) is 0. The number of aryl methyl sites for hydroxylation is 2. The minimum atomic E-state index is -0.923. The summed E-state index contributed by atoms with van der Waals surface area (Å²) in [5.74, 6) is 1.13. The number of hydrogen-bond donors (Lipinski definition) is 2. The van der Waals surface area contributed by atoms with Crippen LogP contribution in [0.4, 0.5) is 0 Å². The van der Waals surface area contributed by atoms with E-state index in [0.29, 0.717) is 31.2 Å². The summed E-state index contributed by atoms with van der Waals surface area (Å²) in [4.78, 5) is 10.9. The number of ether oxygens (including phenoxy) is 2. The highest BCUT2D eigenvalue weighted by atomic mass is 16.5. The molecule has 3 rings (SSSR count). The van der Waals surface area contributed by atoms with Crippen molar-refractivity contribution in [2.75, 3.05) is 7.11 Å². The molecule has 1 aromatic heterocycles. The van der Waals surface area contributed by atoms with Crippen molar-refractivity contribution >= 4 is 5.97 Å². The second-order valence-corrected chi connectivity index (χ2v) is 6.68. The quantitative estimate of drug-likeness (QED) is 0.567. The summed E-state index contributed by atoms with van der Waals surface area (Å²) in [6.45, 7) is 5.38. The second-order valence-electron chi connectivity index (χ2n) is 6.68. The van der Waals surface area contributed by atoms with Gasteiger partial charge in [-0.2, -0.15) is 0 Å². The van der Waals surface area contributed by atoms with Crippen LogP contribution in [-0.2, 0) is 19.7 Å². The third-order valence-electron chi connectivity index (χ3n) is 4.64. The van der Waals surface area contributed by atoms with Crippen LogP contribution in [-0.4, -0.2) is 23.3 Å². The van der Waals surface area contributed by atoms with Crippen LogP contribution < -0.4 is 14.8 Å². The largest absolute Gasteiger partial charge is 0.493 e. The van der Waals surface area contributed by atoms with E-state index in [1.165, 1.54) is 0 Å². The average molecular weight is 396 g/mol. The lowest BCUT2D eigenvalue weighted by molar-refractivity contribution is 0.0697. The Kier molecular flexibility index (Phi) is 6.51. The van der Waals surface area contributed by atoms with Gasteiger partial charge in [-0.15, -0.1) is 0 Å². The number of rotatable bonds is 9. The second kappa shape index (κ2) is 9.25. The maximum atomic E-state index is 10.9. The molecule has 0 saturated heterocycles. The molecule has 0 amide bonds. The standard InChI is InChI=1S/C22H24N2O5/c1-14-19(15(2)29-24-14)13-28-20-9-6-17(10-21(20)27-3)12-23-11-16-4-7-18(8-5-16)22(25)26/h4-10,23H,11-13H2,1-3H3,(H,25,26). The van der Waals surface area contributed by atoms with E-state index in [-0.39, 0.29) is 5.56 Å². The van der Waals surface area contributed by atoms with E-state index >= 15 is 0 Å². The summed E-state index contributed by atoms with van der Waals surface area (Å²) in [5.41, 5.74) is 4.10. The van der Waals surface area contributed by atoms with Crippen molar-refractivity contribution in [1.82, 2.24) is 10.5 Å². The SMILES string of the molecule is COc1cc(CNCc2ccc(C(=O)O)cc2)ccc1OCc1c(C)noc1C. The minimum absolute atomic E-state index is 0.283. The molecule has 0 saturated carbocycles. The molecule has 1 heterocycles. The van der Waals surface area contributed by atoms with Gasteiger partial charge in [-0.25, -0.2) is 4.79 Å². The molecule has 0 aliphatic rings. The normalized spacial score (nSPS) is 10.7. The van der Waals surface area contributed by atoms with Gasteiger partial charge in [-0.3, -0.25) is 0 Å². The van der Waals surface area contributed by atoms with Gasteiger partial charge in [0.1, 0.15) is 12.4 Å². The Labute approximate surface area is 169 Å². The first kappa shape index (κ1) is 20.4. The molecule has 2 aromatic carbocycles. The lowest BCUT2D eigenvalue weighted by atomic mass is 10.1. The van der Waals surface area contributed by atoms with Crippen LogP contribution in [0.25, 0.3) is 0 Å². The van der Waals surface area contributed by atoms with E-state index in [1.807, 2.05) is 44.2 Å². The summed E-state index contributed by atoms with van der Waals surface area (Å²) >= 11 is 0. The van der Waals surface area contributed by atoms with Gasteiger partial charge in [0.25, 0.3) is 0 Å². The van der Waals surface area contributed by atoms with Crippen LogP contribution in [0, 0.1) is 13.8 Å². The number of nitrogens with one attached hydrogen (secondary N) is 1. The van der Waals surface area contributed by atoms with E-state index in [4.69, 9.17) is 19.1 Å². The number of carbonyl (C=O) groups is 1. The average Bonchev–Trinajstić information content (AvgIpc) is 3.04. The van der Waals surface area contributed by atoms with Crippen LogP contribution in [0.15, 0.2) is 47.0 Å². The van der Waals surface area contributed by atoms with Crippen LogP contribution in [0.2, 0.25) is 0 Å². The molecule has 0 radical (unpaired) electrons. The molecule has 7 nitrogen and oxygen atoms in total. The Hall–Kier alpha value is -3.32. The zero-order valence-electron chi connectivity index (χ0n) is 16.7. The molecule has 0 aliphatic carbocycles. The van der Waals surface area contributed by atoms with Crippen molar-refractivity contribution in [1.29, 1.82) is 0 Å².